The van der Waals surface area contributed by atoms with Gasteiger partial charge in [-0.05, 0) is 48.8 Å². The van der Waals surface area contributed by atoms with Gasteiger partial charge in [-0.3, -0.25) is 9.59 Å². The van der Waals surface area contributed by atoms with Crippen molar-refractivity contribution in [1.29, 1.82) is 0 Å². The molecule has 7 nitrogen and oxygen atoms in total. The fraction of sp³-hybridized carbons (Fsp3) is 0.419. The first-order chi connectivity index (χ1) is 18.7. The molecule has 0 unspecified atom stereocenters. The number of benzene rings is 2. The molecule has 0 spiro atoms. The van der Waals surface area contributed by atoms with Gasteiger partial charge in [-0.1, -0.05) is 54.6 Å². The SMILES string of the molecule is CC(=O)N(C)[C@H]1CC[C@H](CC(=O)Nc2cc(-c3ccccc3)c(-c3ccc([C@]4(N)C[C@H](F)C4)cc3)nn2)CC1. The molecule has 2 aliphatic rings. The second-order valence-electron chi connectivity index (χ2n) is 11.2. The van der Waals surface area contributed by atoms with Gasteiger partial charge in [-0.25, -0.2) is 4.39 Å². The van der Waals surface area contributed by atoms with Gasteiger partial charge in [0.05, 0.1) is 0 Å². The second-order valence-corrected chi connectivity index (χ2v) is 11.2. The minimum Gasteiger partial charge on any atom is -0.343 e. The van der Waals surface area contributed by atoms with Crippen LogP contribution in [0.1, 0.15) is 57.4 Å². The molecule has 2 fully saturated rings. The van der Waals surface area contributed by atoms with Crippen molar-refractivity contribution in [1.82, 2.24) is 15.1 Å². The maximum atomic E-state index is 13.5. The lowest BCUT2D eigenvalue weighted by Crippen LogP contribution is -2.50. The quantitative estimate of drug-likeness (QED) is 0.423. The van der Waals surface area contributed by atoms with E-state index in [9.17, 15) is 14.0 Å². The topological polar surface area (TPSA) is 101 Å². The van der Waals surface area contributed by atoms with Crippen LogP contribution in [0.3, 0.4) is 0 Å². The zero-order valence-corrected chi connectivity index (χ0v) is 22.6. The van der Waals surface area contributed by atoms with E-state index in [-0.39, 0.29) is 23.8 Å². The number of aromatic nitrogens is 2. The average Bonchev–Trinajstić information content (AvgIpc) is 2.93. The molecule has 39 heavy (non-hydrogen) atoms. The Hall–Kier alpha value is -3.65. The van der Waals surface area contributed by atoms with Crippen LogP contribution in [-0.2, 0) is 15.1 Å². The number of nitrogens with one attached hydrogen (secondary N) is 1. The van der Waals surface area contributed by atoms with Crippen molar-refractivity contribution in [2.24, 2.45) is 11.7 Å². The van der Waals surface area contributed by atoms with Crippen LogP contribution in [0.4, 0.5) is 10.2 Å². The summed E-state index contributed by atoms with van der Waals surface area (Å²) in [6, 6.07) is 19.8. The molecular formula is C31H36FN5O2. The third-order valence-electron chi connectivity index (χ3n) is 8.39. The first kappa shape index (κ1) is 26.9. The Balaban J connectivity index is 1.30. The summed E-state index contributed by atoms with van der Waals surface area (Å²) in [7, 11) is 1.85. The number of alkyl halides is 1. The van der Waals surface area contributed by atoms with Crippen molar-refractivity contribution in [2.45, 2.75) is 69.6 Å². The van der Waals surface area contributed by atoms with Gasteiger partial charge < -0.3 is 16.0 Å². The molecule has 204 valence electrons. The maximum Gasteiger partial charge on any atom is 0.225 e. The number of halogens is 1. The van der Waals surface area contributed by atoms with E-state index in [1.165, 1.54) is 0 Å². The van der Waals surface area contributed by atoms with E-state index < -0.39 is 11.7 Å². The molecule has 2 saturated carbocycles. The van der Waals surface area contributed by atoms with Crippen LogP contribution in [0.5, 0.6) is 0 Å². The molecule has 0 radical (unpaired) electrons. The van der Waals surface area contributed by atoms with E-state index >= 15 is 0 Å². The summed E-state index contributed by atoms with van der Waals surface area (Å²) in [4.78, 5) is 26.4. The van der Waals surface area contributed by atoms with Crippen LogP contribution in [0.15, 0.2) is 60.7 Å². The second kappa shape index (κ2) is 11.2. The molecule has 0 saturated heterocycles. The third-order valence-corrected chi connectivity index (χ3v) is 8.39. The lowest BCUT2D eigenvalue weighted by molar-refractivity contribution is -0.130. The standard InChI is InChI=1S/C31H36FN5O2/c1-20(38)37(2)26-14-8-21(9-15-26)16-29(39)34-28-17-27(22-6-4-3-5-7-22)30(36-35-28)23-10-12-24(13-11-23)31(33)18-25(32)19-31/h3-7,10-13,17,21,25-26H,8-9,14-16,18-19,33H2,1-2H3,(H,34,35,39)/t21-,25-,26-,31-. The predicted molar refractivity (Wildman–Crippen MR) is 150 cm³/mol. The van der Waals surface area contributed by atoms with Gasteiger partial charge in [0.1, 0.15) is 11.9 Å². The number of nitrogens with two attached hydrogens (primary N) is 1. The lowest BCUT2D eigenvalue weighted by atomic mass is 9.71. The number of carbonyl (C=O) groups excluding carboxylic acids is 2. The minimum absolute atomic E-state index is 0.0799. The molecule has 3 N–H and O–H groups in total. The Labute approximate surface area is 229 Å². The smallest absolute Gasteiger partial charge is 0.225 e. The summed E-state index contributed by atoms with van der Waals surface area (Å²) < 4.78 is 13.5. The highest BCUT2D eigenvalue weighted by molar-refractivity contribution is 5.91. The lowest BCUT2D eigenvalue weighted by Gasteiger charge is -2.41. The summed E-state index contributed by atoms with van der Waals surface area (Å²) in [5.74, 6) is 0.701. The Bertz CT molecular complexity index is 1320. The fourth-order valence-electron chi connectivity index (χ4n) is 5.88. The molecule has 1 heterocycles. The van der Waals surface area contributed by atoms with Crippen LogP contribution in [-0.4, -0.2) is 46.2 Å². The van der Waals surface area contributed by atoms with Gasteiger partial charge in [-0.2, -0.15) is 0 Å². The monoisotopic (exact) mass is 529 g/mol. The molecule has 2 amide bonds. The first-order valence-corrected chi connectivity index (χ1v) is 13.7. The number of hydrogen-bond acceptors (Lipinski definition) is 5. The van der Waals surface area contributed by atoms with Crippen LogP contribution in [0, 0.1) is 5.92 Å². The van der Waals surface area contributed by atoms with Gasteiger partial charge in [-0.15, -0.1) is 10.2 Å². The molecule has 2 aliphatic carbocycles. The Morgan fingerprint density at radius 1 is 1.00 bits per heavy atom. The molecule has 5 rings (SSSR count). The summed E-state index contributed by atoms with van der Waals surface area (Å²) in [5, 5.41) is 11.8. The summed E-state index contributed by atoms with van der Waals surface area (Å²) >= 11 is 0. The third kappa shape index (κ3) is 6.01. The molecule has 0 bridgehead atoms. The van der Waals surface area contributed by atoms with Crippen LogP contribution < -0.4 is 11.1 Å². The van der Waals surface area contributed by atoms with Crippen LogP contribution in [0.2, 0.25) is 0 Å². The zero-order chi connectivity index (χ0) is 27.6. The van der Waals surface area contributed by atoms with Crippen molar-refractivity contribution in [3.8, 4) is 22.4 Å². The number of nitrogens with zero attached hydrogens (tertiary/aromatic N) is 3. The number of hydrogen-bond donors (Lipinski definition) is 2. The molecular weight excluding hydrogens is 493 g/mol. The molecule has 0 atom stereocenters. The highest BCUT2D eigenvalue weighted by atomic mass is 19.1. The fourth-order valence-corrected chi connectivity index (χ4v) is 5.88. The van der Waals surface area contributed by atoms with Gasteiger partial charge in [0, 0.05) is 55.9 Å². The van der Waals surface area contributed by atoms with E-state index in [1.807, 2.05) is 72.6 Å². The summed E-state index contributed by atoms with van der Waals surface area (Å²) in [5.41, 5.74) is 10.1. The highest BCUT2D eigenvalue weighted by Crippen LogP contribution is 2.41. The highest BCUT2D eigenvalue weighted by Gasteiger charge is 2.42. The van der Waals surface area contributed by atoms with E-state index in [1.54, 1.807) is 6.92 Å². The number of rotatable bonds is 7. The molecule has 8 heteroatoms. The maximum absolute atomic E-state index is 13.5. The zero-order valence-electron chi connectivity index (χ0n) is 22.6. The Morgan fingerprint density at radius 3 is 2.28 bits per heavy atom. The van der Waals surface area contributed by atoms with Crippen molar-refractivity contribution < 1.29 is 14.0 Å². The van der Waals surface area contributed by atoms with Crippen LogP contribution >= 0.6 is 0 Å². The predicted octanol–water partition coefficient (Wildman–Crippen LogP) is 5.46. The van der Waals surface area contributed by atoms with Crippen LogP contribution in [0.25, 0.3) is 22.4 Å². The van der Waals surface area contributed by atoms with E-state index in [4.69, 9.17) is 5.73 Å². The summed E-state index contributed by atoms with van der Waals surface area (Å²) in [6.07, 6.45) is 3.93. The van der Waals surface area contributed by atoms with E-state index in [0.29, 0.717) is 30.8 Å². The van der Waals surface area contributed by atoms with Gasteiger partial charge in [0.25, 0.3) is 0 Å². The number of amides is 2. The normalized spacial score (nSPS) is 24.5. The minimum atomic E-state index is -0.837. The first-order valence-electron chi connectivity index (χ1n) is 13.7. The van der Waals surface area contributed by atoms with Crippen molar-refractivity contribution in [2.75, 3.05) is 12.4 Å². The largest absolute Gasteiger partial charge is 0.343 e. The van der Waals surface area contributed by atoms with Gasteiger partial charge in [0.15, 0.2) is 5.82 Å². The Morgan fingerprint density at radius 2 is 1.67 bits per heavy atom. The molecule has 2 aromatic carbocycles. The number of anilines is 1. The van der Waals surface area contributed by atoms with Crippen molar-refractivity contribution >= 4 is 17.6 Å². The van der Waals surface area contributed by atoms with Gasteiger partial charge >= 0.3 is 0 Å². The average molecular weight is 530 g/mol. The Kier molecular flexibility index (Phi) is 7.75. The van der Waals surface area contributed by atoms with Crippen molar-refractivity contribution in [3.05, 3.63) is 66.2 Å². The number of carbonyl (C=O) groups is 2. The van der Waals surface area contributed by atoms with Crippen molar-refractivity contribution in [3.63, 3.8) is 0 Å². The van der Waals surface area contributed by atoms with E-state index in [2.05, 4.69) is 15.5 Å². The molecule has 0 aliphatic heterocycles. The summed E-state index contributed by atoms with van der Waals surface area (Å²) in [6.45, 7) is 1.59. The van der Waals surface area contributed by atoms with E-state index in [0.717, 1.165) is 47.9 Å². The van der Waals surface area contributed by atoms with Gasteiger partial charge in [0.2, 0.25) is 11.8 Å². The molecule has 1 aromatic heterocycles. The molecule has 3 aromatic rings.